The third-order valence-corrected chi connectivity index (χ3v) is 3.68. The van der Waals surface area contributed by atoms with Crippen LogP contribution in [0.25, 0.3) is 0 Å². The first-order chi connectivity index (χ1) is 8.80. The van der Waals surface area contributed by atoms with Crippen LogP contribution in [-0.4, -0.2) is 23.9 Å². The Morgan fingerprint density at radius 2 is 1.95 bits per heavy atom. The molecule has 0 spiro atoms. The standard InChI is InChI=1S/C13H16ClNO4/c1-8-11(4-10(15(16)17)5-12(8)14)9-6-18-13(2,3)19-7-9/h4-5,9H,6-7H2,1-3H3. The van der Waals surface area contributed by atoms with Gasteiger partial charge in [-0.05, 0) is 31.9 Å². The van der Waals surface area contributed by atoms with Crippen LogP contribution in [0.2, 0.25) is 5.02 Å². The van der Waals surface area contributed by atoms with E-state index in [0.29, 0.717) is 18.2 Å². The Morgan fingerprint density at radius 3 is 2.47 bits per heavy atom. The fourth-order valence-electron chi connectivity index (χ4n) is 2.09. The molecule has 1 aliphatic heterocycles. The highest BCUT2D eigenvalue weighted by Gasteiger charge is 2.31. The summed E-state index contributed by atoms with van der Waals surface area (Å²) in [5.74, 6) is -0.639. The third kappa shape index (κ3) is 3.05. The molecule has 0 unspecified atom stereocenters. The summed E-state index contributed by atoms with van der Waals surface area (Å²) >= 11 is 6.05. The van der Waals surface area contributed by atoms with Gasteiger partial charge in [0.25, 0.3) is 5.69 Å². The van der Waals surface area contributed by atoms with Crippen molar-refractivity contribution >= 4 is 17.3 Å². The van der Waals surface area contributed by atoms with Gasteiger partial charge >= 0.3 is 0 Å². The summed E-state index contributed by atoms with van der Waals surface area (Å²) in [5.41, 5.74) is 1.65. The van der Waals surface area contributed by atoms with Crippen LogP contribution < -0.4 is 0 Å². The lowest BCUT2D eigenvalue weighted by atomic mass is 9.94. The van der Waals surface area contributed by atoms with E-state index in [1.54, 1.807) is 6.07 Å². The fraction of sp³-hybridized carbons (Fsp3) is 0.538. The van der Waals surface area contributed by atoms with Crippen LogP contribution in [0.4, 0.5) is 5.69 Å². The summed E-state index contributed by atoms with van der Waals surface area (Å²) in [7, 11) is 0. The molecule has 0 saturated carbocycles. The van der Waals surface area contributed by atoms with Crippen LogP contribution in [0, 0.1) is 17.0 Å². The van der Waals surface area contributed by atoms with Crippen molar-refractivity contribution in [3.05, 3.63) is 38.4 Å². The molecule has 1 aromatic carbocycles. The second kappa shape index (κ2) is 5.07. The second-order valence-electron chi connectivity index (χ2n) is 5.12. The summed E-state index contributed by atoms with van der Waals surface area (Å²) in [6.07, 6.45) is 0. The van der Waals surface area contributed by atoms with E-state index < -0.39 is 10.7 Å². The van der Waals surface area contributed by atoms with Gasteiger partial charge in [-0.25, -0.2) is 0 Å². The van der Waals surface area contributed by atoms with Crippen molar-refractivity contribution in [1.82, 2.24) is 0 Å². The van der Waals surface area contributed by atoms with E-state index in [1.807, 2.05) is 20.8 Å². The average molecular weight is 286 g/mol. The number of halogens is 1. The molecule has 19 heavy (non-hydrogen) atoms. The summed E-state index contributed by atoms with van der Waals surface area (Å²) < 4.78 is 11.2. The largest absolute Gasteiger partial charge is 0.350 e. The highest BCUT2D eigenvalue weighted by atomic mass is 35.5. The van der Waals surface area contributed by atoms with Crippen LogP contribution in [0.15, 0.2) is 12.1 Å². The lowest BCUT2D eigenvalue weighted by Crippen LogP contribution is -2.38. The highest BCUT2D eigenvalue weighted by molar-refractivity contribution is 6.31. The van der Waals surface area contributed by atoms with Crippen molar-refractivity contribution in [2.24, 2.45) is 0 Å². The molecule has 0 aromatic heterocycles. The molecule has 0 radical (unpaired) electrons. The van der Waals surface area contributed by atoms with Crippen molar-refractivity contribution in [2.45, 2.75) is 32.5 Å². The number of hydrogen-bond acceptors (Lipinski definition) is 4. The van der Waals surface area contributed by atoms with Crippen LogP contribution in [-0.2, 0) is 9.47 Å². The van der Waals surface area contributed by atoms with Gasteiger partial charge in [0.15, 0.2) is 5.79 Å². The van der Waals surface area contributed by atoms with E-state index >= 15 is 0 Å². The van der Waals surface area contributed by atoms with E-state index in [4.69, 9.17) is 21.1 Å². The molecular formula is C13H16ClNO4. The lowest BCUT2D eigenvalue weighted by molar-refractivity contribution is -0.385. The Labute approximate surface area is 116 Å². The van der Waals surface area contributed by atoms with E-state index in [1.165, 1.54) is 6.07 Å². The van der Waals surface area contributed by atoms with Crippen LogP contribution in [0.5, 0.6) is 0 Å². The number of nitro benzene ring substituents is 1. The molecule has 104 valence electrons. The number of non-ortho nitro benzene ring substituents is 1. The average Bonchev–Trinajstić information content (AvgIpc) is 2.32. The van der Waals surface area contributed by atoms with Crippen LogP contribution >= 0.6 is 11.6 Å². The number of nitrogens with zero attached hydrogens (tertiary/aromatic N) is 1. The van der Waals surface area contributed by atoms with Gasteiger partial charge in [0.2, 0.25) is 0 Å². The van der Waals surface area contributed by atoms with Gasteiger partial charge in [-0.2, -0.15) is 0 Å². The molecule has 0 aliphatic carbocycles. The smallest absolute Gasteiger partial charge is 0.271 e. The lowest BCUT2D eigenvalue weighted by Gasteiger charge is -2.35. The fourth-order valence-corrected chi connectivity index (χ4v) is 2.31. The molecule has 1 fully saturated rings. The Kier molecular flexibility index (Phi) is 3.80. The summed E-state index contributed by atoms with van der Waals surface area (Å²) in [6, 6.07) is 2.92. The van der Waals surface area contributed by atoms with Crippen molar-refractivity contribution in [1.29, 1.82) is 0 Å². The minimum atomic E-state index is -0.602. The first kappa shape index (κ1) is 14.2. The molecule has 1 heterocycles. The quantitative estimate of drug-likeness (QED) is 0.617. The van der Waals surface area contributed by atoms with Gasteiger partial charge in [0, 0.05) is 18.1 Å². The predicted octanol–water partition coefficient (Wildman–Crippen LogP) is 3.42. The summed E-state index contributed by atoms with van der Waals surface area (Å²) in [4.78, 5) is 10.4. The number of nitro groups is 1. The SMILES string of the molecule is Cc1c(Cl)cc([N+](=O)[O-])cc1C1COC(C)(C)OC1. The zero-order chi connectivity index (χ0) is 14.2. The normalized spacial score (nSPS) is 19.4. The minimum Gasteiger partial charge on any atom is -0.350 e. The maximum atomic E-state index is 10.9. The molecule has 2 rings (SSSR count). The number of rotatable bonds is 2. The molecule has 0 atom stereocenters. The Hall–Kier alpha value is -1.17. The highest BCUT2D eigenvalue weighted by Crippen LogP contribution is 2.34. The molecule has 5 nitrogen and oxygen atoms in total. The van der Waals surface area contributed by atoms with Gasteiger partial charge in [-0.1, -0.05) is 11.6 Å². The molecule has 0 N–H and O–H groups in total. The molecule has 0 bridgehead atoms. The number of benzene rings is 1. The van der Waals surface area contributed by atoms with Crippen molar-refractivity contribution in [3.63, 3.8) is 0 Å². The summed E-state index contributed by atoms with van der Waals surface area (Å²) in [5, 5.41) is 11.3. The monoisotopic (exact) mass is 285 g/mol. The first-order valence-electron chi connectivity index (χ1n) is 6.02. The molecule has 6 heteroatoms. The molecule has 0 amide bonds. The first-order valence-corrected chi connectivity index (χ1v) is 6.40. The Balaban J connectivity index is 2.32. The van der Waals surface area contributed by atoms with E-state index in [-0.39, 0.29) is 11.6 Å². The van der Waals surface area contributed by atoms with Crippen molar-refractivity contribution < 1.29 is 14.4 Å². The zero-order valence-corrected chi connectivity index (χ0v) is 11.9. The maximum Gasteiger partial charge on any atom is 0.271 e. The molecule has 1 saturated heterocycles. The van der Waals surface area contributed by atoms with Gasteiger partial charge in [0.05, 0.1) is 23.2 Å². The second-order valence-corrected chi connectivity index (χ2v) is 5.52. The maximum absolute atomic E-state index is 10.9. The van der Waals surface area contributed by atoms with Gasteiger partial charge in [-0.3, -0.25) is 10.1 Å². The molecular weight excluding hydrogens is 270 g/mol. The van der Waals surface area contributed by atoms with E-state index in [0.717, 1.165) is 11.1 Å². The van der Waals surface area contributed by atoms with Crippen molar-refractivity contribution in [2.75, 3.05) is 13.2 Å². The molecule has 1 aromatic rings. The van der Waals surface area contributed by atoms with Crippen LogP contribution in [0.1, 0.15) is 30.9 Å². The molecule has 1 aliphatic rings. The van der Waals surface area contributed by atoms with E-state index in [9.17, 15) is 10.1 Å². The van der Waals surface area contributed by atoms with Gasteiger partial charge in [-0.15, -0.1) is 0 Å². The number of hydrogen-bond donors (Lipinski definition) is 0. The summed E-state index contributed by atoms with van der Waals surface area (Å²) in [6.45, 7) is 6.46. The Bertz CT molecular complexity index is 506. The zero-order valence-electron chi connectivity index (χ0n) is 11.1. The van der Waals surface area contributed by atoms with E-state index in [2.05, 4.69) is 0 Å². The topological polar surface area (TPSA) is 61.6 Å². The third-order valence-electron chi connectivity index (χ3n) is 3.28. The number of ether oxygens (including phenoxy) is 2. The minimum absolute atomic E-state index is 0.00423. The van der Waals surface area contributed by atoms with Crippen LogP contribution in [0.3, 0.4) is 0 Å². The van der Waals surface area contributed by atoms with Crippen molar-refractivity contribution in [3.8, 4) is 0 Å². The van der Waals surface area contributed by atoms with Gasteiger partial charge in [0.1, 0.15) is 0 Å². The van der Waals surface area contributed by atoms with Gasteiger partial charge < -0.3 is 9.47 Å². The Morgan fingerprint density at radius 1 is 1.37 bits per heavy atom. The predicted molar refractivity (Wildman–Crippen MR) is 71.6 cm³/mol.